The van der Waals surface area contributed by atoms with Gasteiger partial charge in [-0.25, -0.2) is 0 Å². The molecule has 1 aromatic carbocycles. The van der Waals surface area contributed by atoms with Crippen molar-refractivity contribution in [1.29, 1.82) is 0 Å². The first-order chi connectivity index (χ1) is 8.69. The van der Waals surface area contributed by atoms with Crippen molar-refractivity contribution < 1.29 is 5.11 Å². The van der Waals surface area contributed by atoms with Crippen molar-refractivity contribution >= 4 is 15.9 Å². The quantitative estimate of drug-likeness (QED) is 0.875. The fraction of sp³-hybridized carbons (Fsp3) is 0.600. The van der Waals surface area contributed by atoms with Crippen molar-refractivity contribution in [3.05, 3.63) is 34.3 Å². The third kappa shape index (κ3) is 3.81. The summed E-state index contributed by atoms with van der Waals surface area (Å²) in [5.74, 6) is 0.456. The molecule has 0 aromatic heterocycles. The van der Waals surface area contributed by atoms with Crippen molar-refractivity contribution in [2.75, 3.05) is 6.61 Å². The number of halogens is 1. The van der Waals surface area contributed by atoms with E-state index in [0.29, 0.717) is 24.6 Å². The molecule has 100 valence electrons. The van der Waals surface area contributed by atoms with Crippen LogP contribution < -0.4 is 5.32 Å². The Balaban J connectivity index is 1.84. The van der Waals surface area contributed by atoms with E-state index in [4.69, 9.17) is 0 Å². The normalized spacial score (nSPS) is 25.3. The molecule has 2 nitrogen and oxygen atoms in total. The molecular formula is C15H22BrNO. The number of aliphatic hydroxyl groups excluding tert-OH is 1. The molecule has 3 unspecified atom stereocenters. The predicted molar refractivity (Wildman–Crippen MR) is 78.7 cm³/mol. The molecule has 0 aliphatic heterocycles. The molecule has 0 saturated heterocycles. The standard InChI is InChI=1S/C15H22BrNO/c1-11(9-12-5-7-14(16)8-6-12)17-15-4-2-3-13(15)10-18/h5-8,11,13,15,17-18H,2-4,9-10H2,1H3. The number of nitrogens with one attached hydrogen (secondary N) is 1. The van der Waals surface area contributed by atoms with Crippen LogP contribution in [0.4, 0.5) is 0 Å². The van der Waals surface area contributed by atoms with E-state index in [2.05, 4.69) is 52.4 Å². The van der Waals surface area contributed by atoms with Crippen LogP contribution in [-0.2, 0) is 6.42 Å². The maximum absolute atomic E-state index is 9.32. The molecule has 18 heavy (non-hydrogen) atoms. The summed E-state index contributed by atoms with van der Waals surface area (Å²) in [6, 6.07) is 9.48. The second-order valence-corrected chi connectivity index (χ2v) is 6.29. The summed E-state index contributed by atoms with van der Waals surface area (Å²) in [5, 5.41) is 13.0. The monoisotopic (exact) mass is 311 g/mol. The minimum absolute atomic E-state index is 0.322. The fourth-order valence-electron chi connectivity index (χ4n) is 2.87. The molecule has 0 spiro atoms. The first kappa shape index (κ1) is 14.0. The van der Waals surface area contributed by atoms with Crippen molar-refractivity contribution in [3.63, 3.8) is 0 Å². The Morgan fingerprint density at radius 3 is 2.72 bits per heavy atom. The van der Waals surface area contributed by atoms with Gasteiger partial charge in [-0.05, 0) is 49.8 Å². The zero-order chi connectivity index (χ0) is 13.0. The van der Waals surface area contributed by atoms with Gasteiger partial charge in [-0.3, -0.25) is 0 Å². The van der Waals surface area contributed by atoms with Crippen LogP contribution in [0.25, 0.3) is 0 Å². The Morgan fingerprint density at radius 2 is 2.06 bits per heavy atom. The van der Waals surface area contributed by atoms with Gasteiger partial charge in [0.1, 0.15) is 0 Å². The lowest BCUT2D eigenvalue weighted by Crippen LogP contribution is -2.40. The molecule has 0 heterocycles. The molecule has 3 atom stereocenters. The Hall–Kier alpha value is -0.380. The average Bonchev–Trinajstić information content (AvgIpc) is 2.79. The van der Waals surface area contributed by atoms with E-state index in [1.54, 1.807) is 0 Å². The summed E-state index contributed by atoms with van der Waals surface area (Å²) in [5.41, 5.74) is 1.36. The van der Waals surface area contributed by atoms with Crippen molar-refractivity contribution in [3.8, 4) is 0 Å². The van der Waals surface area contributed by atoms with Gasteiger partial charge < -0.3 is 10.4 Å². The minimum Gasteiger partial charge on any atom is -0.396 e. The Labute approximate surface area is 118 Å². The van der Waals surface area contributed by atoms with E-state index < -0.39 is 0 Å². The summed E-state index contributed by atoms with van der Waals surface area (Å²) in [7, 11) is 0. The number of aliphatic hydroxyl groups is 1. The smallest absolute Gasteiger partial charge is 0.0474 e. The molecular weight excluding hydrogens is 290 g/mol. The SMILES string of the molecule is CC(Cc1ccc(Br)cc1)NC1CCCC1CO. The summed E-state index contributed by atoms with van der Waals surface area (Å²) in [6.45, 7) is 2.55. The molecule has 1 saturated carbocycles. The van der Waals surface area contributed by atoms with Gasteiger partial charge in [0.25, 0.3) is 0 Å². The Bertz CT molecular complexity index is 365. The van der Waals surface area contributed by atoms with Gasteiger partial charge in [-0.1, -0.05) is 34.5 Å². The largest absolute Gasteiger partial charge is 0.396 e. The highest BCUT2D eigenvalue weighted by atomic mass is 79.9. The zero-order valence-corrected chi connectivity index (χ0v) is 12.5. The first-order valence-corrected chi connectivity index (χ1v) is 7.59. The topological polar surface area (TPSA) is 32.3 Å². The molecule has 2 rings (SSSR count). The van der Waals surface area contributed by atoms with Crippen LogP contribution in [0.3, 0.4) is 0 Å². The molecule has 1 aliphatic rings. The highest BCUT2D eigenvalue weighted by molar-refractivity contribution is 9.10. The van der Waals surface area contributed by atoms with Crippen LogP contribution in [0.2, 0.25) is 0 Å². The highest BCUT2D eigenvalue weighted by Gasteiger charge is 2.27. The van der Waals surface area contributed by atoms with E-state index in [1.165, 1.54) is 24.8 Å². The second-order valence-electron chi connectivity index (χ2n) is 5.38. The van der Waals surface area contributed by atoms with Crippen LogP contribution in [-0.4, -0.2) is 23.8 Å². The number of rotatable bonds is 5. The van der Waals surface area contributed by atoms with Crippen LogP contribution in [0, 0.1) is 5.92 Å². The van der Waals surface area contributed by atoms with Gasteiger partial charge in [0.15, 0.2) is 0 Å². The summed E-state index contributed by atoms with van der Waals surface area (Å²) >= 11 is 3.46. The van der Waals surface area contributed by atoms with Gasteiger partial charge in [0, 0.05) is 23.2 Å². The molecule has 1 aromatic rings. The maximum atomic E-state index is 9.32. The molecule has 0 bridgehead atoms. The Morgan fingerprint density at radius 1 is 1.33 bits per heavy atom. The van der Waals surface area contributed by atoms with E-state index in [1.807, 2.05) is 0 Å². The third-order valence-electron chi connectivity index (χ3n) is 3.85. The van der Waals surface area contributed by atoms with Crippen LogP contribution in [0.5, 0.6) is 0 Å². The average molecular weight is 312 g/mol. The van der Waals surface area contributed by atoms with Crippen LogP contribution in [0.15, 0.2) is 28.7 Å². The van der Waals surface area contributed by atoms with Gasteiger partial charge >= 0.3 is 0 Å². The number of hydrogen-bond acceptors (Lipinski definition) is 2. The van der Waals surface area contributed by atoms with Crippen LogP contribution >= 0.6 is 15.9 Å². The number of hydrogen-bond donors (Lipinski definition) is 2. The third-order valence-corrected chi connectivity index (χ3v) is 4.38. The van der Waals surface area contributed by atoms with Crippen molar-refractivity contribution in [2.45, 2.75) is 44.7 Å². The fourth-order valence-corrected chi connectivity index (χ4v) is 3.14. The maximum Gasteiger partial charge on any atom is 0.0474 e. The van der Waals surface area contributed by atoms with E-state index in [-0.39, 0.29) is 0 Å². The zero-order valence-electron chi connectivity index (χ0n) is 10.9. The van der Waals surface area contributed by atoms with Crippen molar-refractivity contribution in [2.24, 2.45) is 5.92 Å². The lowest BCUT2D eigenvalue weighted by Gasteiger charge is -2.24. The molecule has 1 fully saturated rings. The van der Waals surface area contributed by atoms with Gasteiger partial charge in [0.05, 0.1) is 0 Å². The molecule has 0 amide bonds. The van der Waals surface area contributed by atoms with E-state index >= 15 is 0 Å². The van der Waals surface area contributed by atoms with Crippen LogP contribution in [0.1, 0.15) is 31.7 Å². The molecule has 2 N–H and O–H groups in total. The first-order valence-electron chi connectivity index (χ1n) is 6.80. The molecule has 0 radical (unpaired) electrons. The van der Waals surface area contributed by atoms with Crippen molar-refractivity contribution in [1.82, 2.24) is 5.32 Å². The Kier molecular flexibility index (Phi) is 5.22. The number of benzene rings is 1. The van der Waals surface area contributed by atoms with Gasteiger partial charge in [-0.15, -0.1) is 0 Å². The molecule has 3 heteroatoms. The molecule has 1 aliphatic carbocycles. The second kappa shape index (κ2) is 6.69. The summed E-state index contributed by atoms with van der Waals surface area (Å²) in [4.78, 5) is 0. The summed E-state index contributed by atoms with van der Waals surface area (Å²) < 4.78 is 1.13. The van der Waals surface area contributed by atoms with Gasteiger partial charge in [0.2, 0.25) is 0 Å². The minimum atomic E-state index is 0.322. The predicted octanol–water partition coefficient (Wildman–Crippen LogP) is 3.13. The summed E-state index contributed by atoms with van der Waals surface area (Å²) in [6.07, 6.45) is 4.66. The van der Waals surface area contributed by atoms with Gasteiger partial charge in [-0.2, -0.15) is 0 Å². The van der Waals surface area contributed by atoms with E-state index in [9.17, 15) is 5.11 Å². The lowest BCUT2D eigenvalue weighted by atomic mass is 10.0. The van der Waals surface area contributed by atoms with E-state index in [0.717, 1.165) is 10.9 Å². The lowest BCUT2D eigenvalue weighted by molar-refractivity contribution is 0.200. The highest BCUT2D eigenvalue weighted by Crippen LogP contribution is 2.25.